The predicted molar refractivity (Wildman–Crippen MR) is 109 cm³/mol. The zero-order valence-electron chi connectivity index (χ0n) is 15.1. The number of anilines is 1. The summed E-state index contributed by atoms with van der Waals surface area (Å²) in [6, 6.07) is 11.4. The highest BCUT2D eigenvalue weighted by molar-refractivity contribution is 5.74. The molecule has 0 radical (unpaired) electrons. The van der Waals surface area contributed by atoms with Gasteiger partial charge < -0.3 is 5.73 Å². The van der Waals surface area contributed by atoms with Crippen molar-refractivity contribution in [1.82, 2.24) is 19.9 Å². The summed E-state index contributed by atoms with van der Waals surface area (Å²) in [6.45, 7) is 5.60. The number of allylic oxidation sites excluding steroid dienone is 1. The first-order valence-corrected chi connectivity index (χ1v) is 8.51. The molecule has 3 heterocycles. The summed E-state index contributed by atoms with van der Waals surface area (Å²) >= 11 is 0. The number of aliphatic imine (C=N–C) groups is 1. The van der Waals surface area contributed by atoms with Gasteiger partial charge in [-0.3, -0.25) is 15.0 Å². The summed E-state index contributed by atoms with van der Waals surface area (Å²) < 4.78 is 0. The third-order valence-corrected chi connectivity index (χ3v) is 3.79. The Bertz CT molecular complexity index is 978. The first-order valence-electron chi connectivity index (χ1n) is 8.51. The van der Waals surface area contributed by atoms with Crippen molar-refractivity contribution in [2.75, 3.05) is 5.73 Å². The van der Waals surface area contributed by atoms with Crippen LogP contribution < -0.4 is 5.73 Å². The number of hydrogen-bond donors (Lipinski definition) is 1. The number of nitrogens with zero attached hydrogens (tertiary/aromatic N) is 5. The van der Waals surface area contributed by atoms with Gasteiger partial charge in [-0.15, -0.1) is 0 Å². The maximum absolute atomic E-state index is 6.29. The molecule has 3 rings (SSSR count). The number of hydrogen-bond acceptors (Lipinski definition) is 6. The molecular weight excluding hydrogens is 336 g/mol. The Labute approximate surface area is 158 Å². The van der Waals surface area contributed by atoms with E-state index in [2.05, 4.69) is 26.5 Å². The maximum Gasteiger partial charge on any atom is 0.156 e. The lowest BCUT2D eigenvalue weighted by Gasteiger charge is -2.12. The van der Waals surface area contributed by atoms with Crippen molar-refractivity contribution in [3.05, 3.63) is 84.4 Å². The molecule has 134 valence electrons. The summed E-state index contributed by atoms with van der Waals surface area (Å²) in [4.78, 5) is 22.2. The molecule has 0 unspecified atom stereocenters. The van der Waals surface area contributed by atoms with Gasteiger partial charge in [-0.1, -0.05) is 18.7 Å². The second-order valence-corrected chi connectivity index (χ2v) is 5.66. The fourth-order valence-electron chi connectivity index (χ4n) is 2.63. The standard InChI is InChI=1S/C21H20N6/c1-3-15(23-4-2)14-19-26-18(13-16-9-5-7-11-24-16)20(21(22)27-19)17-10-6-8-12-25-17/h3-12,14H,1,13H2,2H3,(H2,22,26,27)/b15-14-,23-4?. The molecule has 0 bridgehead atoms. The minimum absolute atomic E-state index is 0.366. The number of rotatable bonds is 6. The largest absolute Gasteiger partial charge is 0.383 e. The zero-order valence-corrected chi connectivity index (χ0v) is 15.1. The second kappa shape index (κ2) is 8.62. The van der Waals surface area contributed by atoms with Crippen molar-refractivity contribution in [2.45, 2.75) is 13.3 Å². The molecule has 0 aliphatic carbocycles. The topological polar surface area (TPSA) is 89.9 Å². The fraction of sp³-hybridized carbons (Fsp3) is 0.0952. The smallest absolute Gasteiger partial charge is 0.156 e. The Morgan fingerprint density at radius 3 is 2.52 bits per heavy atom. The molecule has 6 nitrogen and oxygen atoms in total. The highest BCUT2D eigenvalue weighted by Gasteiger charge is 2.16. The van der Waals surface area contributed by atoms with Gasteiger partial charge in [-0.2, -0.15) is 0 Å². The molecule has 0 aliphatic rings. The molecule has 6 heteroatoms. The first kappa shape index (κ1) is 18.1. The van der Waals surface area contributed by atoms with Gasteiger partial charge in [-0.05, 0) is 37.3 Å². The van der Waals surface area contributed by atoms with E-state index >= 15 is 0 Å². The molecule has 0 aromatic carbocycles. The number of pyridine rings is 2. The van der Waals surface area contributed by atoms with Crippen LogP contribution in [-0.4, -0.2) is 26.2 Å². The van der Waals surface area contributed by atoms with Gasteiger partial charge in [-0.25, -0.2) is 9.97 Å². The van der Waals surface area contributed by atoms with Crippen molar-refractivity contribution in [3.8, 4) is 11.3 Å². The Hall–Kier alpha value is -3.67. The van der Waals surface area contributed by atoms with Crippen LogP contribution in [0.4, 0.5) is 5.82 Å². The maximum atomic E-state index is 6.29. The molecule has 3 aromatic rings. The molecule has 0 saturated heterocycles. The van der Waals surface area contributed by atoms with E-state index < -0.39 is 0 Å². The third-order valence-electron chi connectivity index (χ3n) is 3.79. The molecule has 0 fully saturated rings. The Balaban J connectivity index is 2.14. The minimum atomic E-state index is 0.366. The predicted octanol–water partition coefficient (Wildman–Crippen LogP) is 3.72. The van der Waals surface area contributed by atoms with Gasteiger partial charge in [0.2, 0.25) is 0 Å². The third kappa shape index (κ3) is 4.49. The van der Waals surface area contributed by atoms with E-state index in [1.165, 1.54) is 0 Å². The van der Waals surface area contributed by atoms with Crippen LogP contribution in [0.3, 0.4) is 0 Å². The zero-order chi connectivity index (χ0) is 19.1. The van der Waals surface area contributed by atoms with Gasteiger partial charge in [0, 0.05) is 36.8 Å². The van der Waals surface area contributed by atoms with Gasteiger partial charge in [0.25, 0.3) is 0 Å². The number of nitrogen functional groups attached to an aromatic ring is 1. The van der Waals surface area contributed by atoms with Crippen molar-refractivity contribution >= 4 is 18.1 Å². The van der Waals surface area contributed by atoms with Crippen LogP contribution in [0.25, 0.3) is 17.3 Å². The van der Waals surface area contributed by atoms with E-state index in [9.17, 15) is 0 Å². The second-order valence-electron chi connectivity index (χ2n) is 5.66. The van der Waals surface area contributed by atoms with Gasteiger partial charge in [0.15, 0.2) is 5.82 Å². The monoisotopic (exact) mass is 356 g/mol. The van der Waals surface area contributed by atoms with Crippen molar-refractivity contribution in [2.24, 2.45) is 4.99 Å². The number of nitrogens with two attached hydrogens (primary N) is 1. The van der Waals surface area contributed by atoms with Crippen LogP contribution in [0.2, 0.25) is 0 Å². The molecule has 0 aliphatic heterocycles. The van der Waals surface area contributed by atoms with Crippen molar-refractivity contribution in [1.29, 1.82) is 0 Å². The normalized spacial score (nSPS) is 11.7. The van der Waals surface area contributed by atoms with Crippen LogP contribution >= 0.6 is 0 Å². The average Bonchev–Trinajstić information content (AvgIpc) is 2.69. The summed E-state index contributed by atoms with van der Waals surface area (Å²) in [5, 5.41) is 0. The van der Waals surface area contributed by atoms with E-state index in [-0.39, 0.29) is 0 Å². The highest BCUT2D eigenvalue weighted by atomic mass is 15.0. The SMILES string of the molecule is C=C/C(=C/c1nc(N)c(-c2ccccn2)c(Cc2ccccn2)n1)N=CC. The lowest BCUT2D eigenvalue weighted by Crippen LogP contribution is -2.07. The van der Waals surface area contributed by atoms with Crippen LogP contribution in [0, 0.1) is 0 Å². The Morgan fingerprint density at radius 1 is 1.11 bits per heavy atom. The molecule has 27 heavy (non-hydrogen) atoms. The summed E-state index contributed by atoms with van der Waals surface area (Å²) in [6.07, 6.45) is 9.07. The Kier molecular flexibility index (Phi) is 5.79. The molecular formula is C21H20N6. The van der Waals surface area contributed by atoms with E-state index in [0.29, 0.717) is 23.8 Å². The minimum Gasteiger partial charge on any atom is -0.383 e. The van der Waals surface area contributed by atoms with E-state index in [1.54, 1.807) is 30.8 Å². The van der Waals surface area contributed by atoms with Gasteiger partial charge >= 0.3 is 0 Å². The lowest BCUT2D eigenvalue weighted by molar-refractivity contribution is 0.979. The summed E-state index contributed by atoms with van der Waals surface area (Å²) in [7, 11) is 0. The molecule has 0 saturated carbocycles. The quantitative estimate of drug-likeness (QED) is 0.537. The van der Waals surface area contributed by atoms with Crippen LogP contribution in [0.1, 0.15) is 24.1 Å². The Morgan fingerprint density at radius 2 is 1.89 bits per heavy atom. The van der Waals surface area contributed by atoms with Crippen molar-refractivity contribution in [3.63, 3.8) is 0 Å². The molecule has 2 N–H and O–H groups in total. The van der Waals surface area contributed by atoms with Crippen LogP contribution in [0.15, 0.2) is 72.1 Å². The molecule has 3 aromatic heterocycles. The molecule has 0 spiro atoms. The van der Waals surface area contributed by atoms with E-state index in [0.717, 1.165) is 22.6 Å². The van der Waals surface area contributed by atoms with E-state index in [1.807, 2.05) is 43.3 Å². The summed E-state index contributed by atoms with van der Waals surface area (Å²) in [5.41, 5.74) is 10.0. The van der Waals surface area contributed by atoms with Crippen LogP contribution in [-0.2, 0) is 6.42 Å². The number of aromatic nitrogens is 4. The molecule has 0 amide bonds. The van der Waals surface area contributed by atoms with E-state index in [4.69, 9.17) is 10.7 Å². The lowest BCUT2D eigenvalue weighted by atomic mass is 10.1. The van der Waals surface area contributed by atoms with Gasteiger partial charge in [0.05, 0.1) is 22.6 Å². The van der Waals surface area contributed by atoms with Gasteiger partial charge in [0.1, 0.15) is 5.82 Å². The fourth-order valence-corrected chi connectivity index (χ4v) is 2.63. The van der Waals surface area contributed by atoms with Crippen LogP contribution in [0.5, 0.6) is 0 Å². The highest BCUT2D eigenvalue weighted by Crippen LogP contribution is 2.28. The molecule has 0 atom stereocenters. The average molecular weight is 356 g/mol. The van der Waals surface area contributed by atoms with Crippen molar-refractivity contribution < 1.29 is 0 Å². The first-order chi connectivity index (χ1) is 13.2. The summed E-state index contributed by atoms with van der Waals surface area (Å²) in [5.74, 6) is 0.836.